The van der Waals surface area contributed by atoms with Crippen LogP contribution < -0.4 is 16.0 Å². The lowest BCUT2D eigenvalue weighted by molar-refractivity contribution is 0.239. The summed E-state index contributed by atoms with van der Waals surface area (Å²) in [6, 6.07) is 5.29. The van der Waals surface area contributed by atoms with Crippen LogP contribution in [0.25, 0.3) is 0 Å². The number of hydrogen-bond acceptors (Lipinski definition) is 5. The standard InChI is InChI=1S/C13H20N4O3S/c18-13(17-9-11-4-8-21(19,20)10-11)16-7-6-15-12-3-1-2-5-14-12/h1-3,5,11H,4,6-10H2,(H,14,15)(H2,16,17,18)/t11-/m0/s1. The predicted molar refractivity (Wildman–Crippen MR) is 80.9 cm³/mol. The molecule has 0 spiro atoms. The molecule has 1 aromatic rings. The lowest BCUT2D eigenvalue weighted by Gasteiger charge is -2.11. The van der Waals surface area contributed by atoms with Crippen molar-refractivity contribution in [3.05, 3.63) is 24.4 Å². The highest BCUT2D eigenvalue weighted by Crippen LogP contribution is 2.17. The van der Waals surface area contributed by atoms with E-state index in [0.717, 1.165) is 5.82 Å². The van der Waals surface area contributed by atoms with E-state index < -0.39 is 9.84 Å². The van der Waals surface area contributed by atoms with Gasteiger partial charge in [0.2, 0.25) is 0 Å². The van der Waals surface area contributed by atoms with Crippen LogP contribution in [0.4, 0.5) is 10.6 Å². The van der Waals surface area contributed by atoms with Gasteiger partial charge in [0, 0.05) is 25.8 Å². The molecule has 1 atom stereocenters. The number of nitrogens with zero attached hydrogens (tertiary/aromatic N) is 1. The minimum absolute atomic E-state index is 0.0346. The predicted octanol–water partition coefficient (Wildman–Crippen LogP) is 0.227. The second kappa shape index (κ2) is 7.26. The van der Waals surface area contributed by atoms with E-state index in [0.29, 0.717) is 26.1 Å². The van der Waals surface area contributed by atoms with Gasteiger partial charge >= 0.3 is 6.03 Å². The summed E-state index contributed by atoms with van der Waals surface area (Å²) < 4.78 is 22.6. The van der Waals surface area contributed by atoms with Gasteiger partial charge < -0.3 is 16.0 Å². The van der Waals surface area contributed by atoms with Crippen molar-refractivity contribution in [3.8, 4) is 0 Å². The highest BCUT2D eigenvalue weighted by molar-refractivity contribution is 7.91. The molecular weight excluding hydrogens is 292 g/mol. The summed E-state index contributed by atoms with van der Waals surface area (Å²) in [6.07, 6.45) is 2.32. The van der Waals surface area contributed by atoms with Crippen LogP contribution in [0.1, 0.15) is 6.42 Å². The summed E-state index contributed by atoms with van der Waals surface area (Å²) in [5.74, 6) is 1.20. The minimum Gasteiger partial charge on any atom is -0.368 e. The van der Waals surface area contributed by atoms with Gasteiger partial charge in [0.1, 0.15) is 5.82 Å². The molecule has 2 amide bonds. The van der Waals surface area contributed by atoms with Gasteiger partial charge in [0.25, 0.3) is 0 Å². The third kappa shape index (κ3) is 5.58. The van der Waals surface area contributed by atoms with Crippen molar-refractivity contribution in [2.45, 2.75) is 6.42 Å². The van der Waals surface area contributed by atoms with Gasteiger partial charge in [-0.3, -0.25) is 0 Å². The van der Waals surface area contributed by atoms with Crippen LogP contribution in [0.5, 0.6) is 0 Å². The van der Waals surface area contributed by atoms with Crippen LogP contribution in [-0.4, -0.2) is 50.6 Å². The van der Waals surface area contributed by atoms with Gasteiger partial charge in [-0.2, -0.15) is 0 Å². The van der Waals surface area contributed by atoms with Gasteiger partial charge in [-0.25, -0.2) is 18.2 Å². The average Bonchev–Trinajstić information content (AvgIpc) is 2.82. The van der Waals surface area contributed by atoms with Crippen molar-refractivity contribution in [1.82, 2.24) is 15.6 Å². The highest BCUT2D eigenvalue weighted by Gasteiger charge is 2.27. The maximum atomic E-state index is 11.6. The summed E-state index contributed by atoms with van der Waals surface area (Å²) in [5, 5.41) is 8.49. The molecule has 21 heavy (non-hydrogen) atoms. The van der Waals surface area contributed by atoms with Crippen molar-refractivity contribution in [2.24, 2.45) is 5.92 Å². The fraction of sp³-hybridized carbons (Fsp3) is 0.538. The fourth-order valence-corrected chi connectivity index (χ4v) is 4.03. The SMILES string of the molecule is O=C(NCCNc1ccccn1)NC[C@@H]1CCS(=O)(=O)C1. The summed E-state index contributed by atoms with van der Waals surface area (Å²) in [4.78, 5) is 15.7. The Hall–Kier alpha value is -1.83. The Morgan fingerprint density at radius 2 is 2.14 bits per heavy atom. The van der Waals surface area contributed by atoms with Gasteiger partial charge in [-0.15, -0.1) is 0 Å². The molecule has 0 unspecified atom stereocenters. The molecule has 116 valence electrons. The number of carbonyl (C=O) groups is 1. The number of anilines is 1. The Bertz CT molecular complexity index is 562. The zero-order chi connectivity index (χ0) is 15.1. The number of hydrogen-bond donors (Lipinski definition) is 3. The molecule has 1 aliphatic rings. The Balaban J connectivity index is 1.56. The lowest BCUT2D eigenvalue weighted by Crippen LogP contribution is -2.40. The second-order valence-electron chi connectivity index (χ2n) is 5.05. The molecule has 1 aromatic heterocycles. The molecule has 0 saturated carbocycles. The third-order valence-electron chi connectivity index (χ3n) is 3.26. The van der Waals surface area contributed by atoms with E-state index in [2.05, 4.69) is 20.9 Å². The smallest absolute Gasteiger partial charge is 0.314 e. The number of aromatic nitrogens is 1. The van der Waals surface area contributed by atoms with Crippen molar-refractivity contribution >= 4 is 21.7 Å². The van der Waals surface area contributed by atoms with Gasteiger partial charge in [0.15, 0.2) is 9.84 Å². The molecule has 7 nitrogen and oxygen atoms in total. The van der Waals surface area contributed by atoms with Crippen molar-refractivity contribution in [3.63, 3.8) is 0 Å². The number of sulfone groups is 1. The summed E-state index contributed by atoms with van der Waals surface area (Å²) in [5.41, 5.74) is 0. The van der Waals surface area contributed by atoms with E-state index in [1.54, 1.807) is 6.20 Å². The zero-order valence-corrected chi connectivity index (χ0v) is 12.5. The summed E-state index contributed by atoms with van der Waals surface area (Å²) in [6.45, 7) is 1.44. The monoisotopic (exact) mass is 312 g/mol. The van der Waals surface area contributed by atoms with E-state index in [1.165, 1.54) is 0 Å². The van der Waals surface area contributed by atoms with Crippen LogP contribution in [0.15, 0.2) is 24.4 Å². The van der Waals surface area contributed by atoms with Gasteiger partial charge in [-0.05, 0) is 24.5 Å². The molecular formula is C13H20N4O3S. The van der Waals surface area contributed by atoms with E-state index in [1.807, 2.05) is 18.2 Å². The van der Waals surface area contributed by atoms with E-state index in [4.69, 9.17) is 0 Å². The molecule has 3 N–H and O–H groups in total. The van der Waals surface area contributed by atoms with Crippen molar-refractivity contribution in [2.75, 3.05) is 36.5 Å². The molecule has 1 saturated heterocycles. The first-order chi connectivity index (χ1) is 10.1. The topological polar surface area (TPSA) is 100 Å². The largest absolute Gasteiger partial charge is 0.368 e. The van der Waals surface area contributed by atoms with Crippen LogP contribution in [-0.2, 0) is 9.84 Å². The Labute approximate surface area is 124 Å². The van der Waals surface area contributed by atoms with Crippen LogP contribution in [0.2, 0.25) is 0 Å². The van der Waals surface area contributed by atoms with E-state index in [-0.39, 0.29) is 23.5 Å². The Morgan fingerprint density at radius 1 is 1.29 bits per heavy atom. The lowest BCUT2D eigenvalue weighted by atomic mass is 10.1. The Morgan fingerprint density at radius 3 is 2.81 bits per heavy atom. The fourth-order valence-electron chi connectivity index (χ4n) is 2.17. The third-order valence-corrected chi connectivity index (χ3v) is 5.10. The summed E-state index contributed by atoms with van der Waals surface area (Å²) in [7, 11) is -2.88. The first-order valence-corrected chi connectivity index (χ1v) is 8.74. The molecule has 1 fully saturated rings. The van der Waals surface area contributed by atoms with Crippen molar-refractivity contribution in [1.29, 1.82) is 0 Å². The average molecular weight is 312 g/mol. The molecule has 0 bridgehead atoms. The molecule has 8 heteroatoms. The Kier molecular flexibility index (Phi) is 5.38. The highest BCUT2D eigenvalue weighted by atomic mass is 32.2. The molecule has 0 radical (unpaired) electrons. The van der Waals surface area contributed by atoms with Crippen LogP contribution >= 0.6 is 0 Å². The van der Waals surface area contributed by atoms with Crippen LogP contribution in [0.3, 0.4) is 0 Å². The molecule has 2 heterocycles. The molecule has 1 aliphatic heterocycles. The first-order valence-electron chi connectivity index (χ1n) is 6.92. The van der Waals surface area contributed by atoms with Crippen molar-refractivity contribution < 1.29 is 13.2 Å². The quantitative estimate of drug-likeness (QED) is 0.653. The number of rotatable bonds is 6. The molecule has 0 aliphatic carbocycles. The number of nitrogens with one attached hydrogen (secondary N) is 3. The minimum atomic E-state index is -2.88. The van der Waals surface area contributed by atoms with Crippen LogP contribution in [0, 0.1) is 5.92 Å². The second-order valence-corrected chi connectivity index (χ2v) is 7.28. The summed E-state index contributed by atoms with van der Waals surface area (Å²) >= 11 is 0. The number of urea groups is 1. The first kappa shape index (κ1) is 15.6. The van der Waals surface area contributed by atoms with Gasteiger partial charge in [-0.1, -0.05) is 6.07 Å². The van der Waals surface area contributed by atoms with E-state index in [9.17, 15) is 13.2 Å². The maximum absolute atomic E-state index is 11.6. The molecule has 0 aromatic carbocycles. The van der Waals surface area contributed by atoms with E-state index >= 15 is 0 Å². The molecule has 2 rings (SSSR count). The maximum Gasteiger partial charge on any atom is 0.314 e. The number of pyridine rings is 1. The number of amides is 2. The number of carbonyl (C=O) groups excluding carboxylic acids is 1. The zero-order valence-electron chi connectivity index (χ0n) is 11.7. The normalized spacial score (nSPS) is 19.9. The van der Waals surface area contributed by atoms with Gasteiger partial charge in [0.05, 0.1) is 11.5 Å².